The molecule has 2 amide bonds. The first-order chi connectivity index (χ1) is 17.5. The Labute approximate surface area is 221 Å². The first-order valence-electron chi connectivity index (χ1n) is 12.1. The number of carbonyl (C=O) groups excluding carboxylic acids is 3. The van der Waals surface area contributed by atoms with Gasteiger partial charge in [0, 0.05) is 16.6 Å². The molecule has 4 heterocycles. The minimum absolute atomic E-state index is 0.0508. The molecule has 5 rings (SSSR count). The van der Waals surface area contributed by atoms with Gasteiger partial charge in [-0.1, -0.05) is 13.8 Å². The number of aromatic nitrogens is 2. The average Bonchev–Trinajstić information content (AvgIpc) is 3.03. The van der Waals surface area contributed by atoms with Gasteiger partial charge in [-0.05, 0) is 56.9 Å². The molecule has 200 valence electrons. The zero-order valence-electron chi connectivity index (χ0n) is 21.7. The Balaban J connectivity index is 1.59. The molecule has 0 N–H and O–H groups in total. The van der Waals surface area contributed by atoms with Crippen LogP contribution in [0.4, 0.5) is 13.2 Å². The van der Waals surface area contributed by atoms with E-state index in [1.807, 2.05) is 13.8 Å². The SMILES string of the molecule is Cc1cc(C(F)(F)F)nc(-c2ccnc3cc(CN4C(=O)C5C(C4=O)C5(C)C)sc23)c1C(=O)OC(C)(C)C. The largest absolute Gasteiger partial charge is 0.456 e. The van der Waals surface area contributed by atoms with Gasteiger partial charge in [-0.15, -0.1) is 11.3 Å². The van der Waals surface area contributed by atoms with Crippen LogP contribution < -0.4 is 0 Å². The van der Waals surface area contributed by atoms with Gasteiger partial charge in [-0.3, -0.25) is 19.5 Å². The van der Waals surface area contributed by atoms with Crippen molar-refractivity contribution in [3.05, 3.63) is 46.1 Å². The number of thiophene rings is 1. The summed E-state index contributed by atoms with van der Waals surface area (Å²) in [6.07, 6.45) is -3.31. The Hall–Kier alpha value is -3.34. The summed E-state index contributed by atoms with van der Waals surface area (Å²) < 4.78 is 47.1. The molecular weight excluding hydrogens is 519 g/mol. The first kappa shape index (κ1) is 26.3. The molecule has 38 heavy (non-hydrogen) atoms. The summed E-state index contributed by atoms with van der Waals surface area (Å²) in [6.45, 7) is 10.3. The number of amides is 2. The number of hydrogen-bond donors (Lipinski definition) is 0. The Bertz CT molecular complexity index is 1500. The standard InChI is InChI=1S/C27H26F3N3O4S/c1-12-9-16(27(28,29)30)32-20(17(12)24(36)37-25(2,3)4)14-7-8-31-15-10-13(38-21(14)15)11-33-22(34)18-19(23(33)35)26(18,5)6/h7-10,18-19H,11H2,1-6H3. The zero-order chi connectivity index (χ0) is 27.9. The van der Waals surface area contributed by atoms with Gasteiger partial charge in [0.05, 0.1) is 39.9 Å². The Kier molecular flexibility index (Phi) is 5.76. The highest BCUT2D eigenvalue weighted by Gasteiger charge is 2.72. The van der Waals surface area contributed by atoms with E-state index in [4.69, 9.17) is 4.74 Å². The number of carbonyl (C=O) groups is 3. The van der Waals surface area contributed by atoms with Crippen LogP contribution in [0.1, 0.15) is 61.1 Å². The maximum absolute atomic E-state index is 13.7. The molecule has 2 unspecified atom stereocenters. The third-order valence-electron chi connectivity index (χ3n) is 7.03. The highest BCUT2D eigenvalue weighted by atomic mass is 32.1. The molecule has 0 bridgehead atoms. The van der Waals surface area contributed by atoms with Crippen LogP contribution in [-0.4, -0.2) is 38.3 Å². The molecule has 7 nitrogen and oxygen atoms in total. The van der Waals surface area contributed by atoms with E-state index in [0.717, 1.165) is 6.07 Å². The molecular formula is C27H26F3N3O4S. The summed E-state index contributed by atoms with van der Waals surface area (Å²) in [7, 11) is 0. The van der Waals surface area contributed by atoms with Crippen molar-refractivity contribution >= 4 is 39.3 Å². The molecule has 1 aliphatic heterocycles. The molecule has 3 aromatic rings. The lowest BCUT2D eigenvalue weighted by Crippen LogP contribution is -2.35. The van der Waals surface area contributed by atoms with E-state index < -0.39 is 23.4 Å². The maximum atomic E-state index is 13.7. The number of esters is 1. The first-order valence-corrected chi connectivity index (χ1v) is 12.9. The molecule has 1 aliphatic carbocycles. The van der Waals surface area contributed by atoms with Crippen LogP contribution in [0.15, 0.2) is 24.4 Å². The number of ether oxygens (including phenoxy) is 1. The minimum atomic E-state index is -4.73. The van der Waals surface area contributed by atoms with Crippen LogP contribution in [0, 0.1) is 24.2 Å². The number of fused-ring (bicyclic) bond motifs is 2. The van der Waals surface area contributed by atoms with Gasteiger partial charge in [-0.25, -0.2) is 9.78 Å². The summed E-state index contributed by atoms with van der Waals surface area (Å²) in [6, 6.07) is 4.04. The van der Waals surface area contributed by atoms with E-state index in [2.05, 4.69) is 9.97 Å². The van der Waals surface area contributed by atoms with Crippen LogP contribution >= 0.6 is 11.3 Å². The molecule has 3 aromatic heterocycles. The number of aryl methyl sites for hydroxylation is 1. The van der Waals surface area contributed by atoms with Crippen molar-refractivity contribution in [1.29, 1.82) is 0 Å². The molecule has 0 spiro atoms. The monoisotopic (exact) mass is 545 g/mol. The highest BCUT2D eigenvalue weighted by molar-refractivity contribution is 7.19. The van der Waals surface area contributed by atoms with Crippen molar-refractivity contribution in [3.63, 3.8) is 0 Å². The van der Waals surface area contributed by atoms with Gasteiger partial charge in [0.2, 0.25) is 11.8 Å². The quantitative estimate of drug-likeness (QED) is 0.305. The van der Waals surface area contributed by atoms with Gasteiger partial charge in [0.25, 0.3) is 0 Å². The van der Waals surface area contributed by atoms with E-state index >= 15 is 0 Å². The van der Waals surface area contributed by atoms with Crippen LogP contribution in [0.25, 0.3) is 21.5 Å². The number of rotatable bonds is 4. The van der Waals surface area contributed by atoms with Crippen LogP contribution in [0.2, 0.25) is 0 Å². The summed E-state index contributed by atoms with van der Waals surface area (Å²) in [5.74, 6) is -1.84. The zero-order valence-corrected chi connectivity index (χ0v) is 22.5. The topological polar surface area (TPSA) is 89.5 Å². The molecule has 1 saturated heterocycles. The minimum Gasteiger partial charge on any atom is -0.456 e. The number of likely N-dealkylation sites (tertiary alicyclic amines) is 1. The van der Waals surface area contributed by atoms with E-state index in [9.17, 15) is 27.6 Å². The van der Waals surface area contributed by atoms with Crippen LogP contribution in [0.5, 0.6) is 0 Å². The smallest absolute Gasteiger partial charge is 0.433 e. The number of imide groups is 1. The van der Waals surface area contributed by atoms with E-state index in [0.29, 0.717) is 15.1 Å². The van der Waals surface area contributed by atoms with Crippen molar-refractivity contribution < 1.29 is 32.3 Å². The molecule has 11 heteroatoms. The molecule has 2 atom stereocenters. The summed E-state index contributed by atoms with van der Waals surface area (Å²) >= 11 is 1.20. The fraction of sp³-hybridized carbons (Fsp3) is 0.444. The predicted molar refractivity (Wildman–Crippen MR) is 134 cm³/mol. The summed E-state index contributed by atoms with van der Waals surface area (Å²) in [5.41, 5.74) is -1.75. The fourth-order valence-electron chi connectivity index (χ4n) is 5.17. The van der Waals surface area contributed by atoms with Crippen molar-refractivity contribution in [3.8, 4) is 11.3 Å². The highest BCUT2D eigenvalue weighted by Crippen LogP contribution is 2.63. The molecule has 1 saturated carbocycles. The number of halogens is 3. The number of hydrogen-bond acceptors (Lipinski definition) is 7. The van der Waals surface area contributed by atoms with E-state index in [1.54, 1.807) is 26.8 Å². The predicted octanol–water partition coefficient (Wildman–Crippen LogP) is 5.78. The van der Waals surface area contributed by atoms with Crippen molar-refractivity contribution in [2.24, 2.45) is 17.3 Å². The molecule has 2 aliphatic rings. The second-order valence-electron chi connectivity index (χ2n) is 11.4. The van der Waals surface area contributed by atoms with Gasteiger partial charge in [0.1, 0.15) is 11.3 Å². The lowest BCUT2D eigenvalue weighted by atomic mass is 10.00. The van der Waals surface area contributed by atoms with Gasteiger partial charge < -0.3 is 4.74 Å². The fourth-order valence-corrected chi connectivity index (χ4v) is 6.28. The van der Waals surface area contributed by atoms with Gasteiger partial charge in [0.15, 0.2) is 0 Å². The Morgan fingerprint density at radius 1 is 1.13 bits per heavy atom. The van der Waals surface area contributed by atoms with Gasteiger partial charge in [-0.2, -0.15) is 13.2 Å². The number of nitrogens with zero attached hydrogens (tertiary/aromatic N) is 3. The Morgan fingerprint density at radius 2 is 1.76 bits per heavy atom. The lowest BCUT2D eigenvalue weighted by molar-refractivity contribution is -0.144. The summed E-state index contributed by atoms with van der Waals surface area (Å²) in [5, 5.41) is 0. The molecule has 2 fully saturated rings. The van der Waals surface area contributed by atoms with Crippen molar-refractivity contribution in [1.82, 2.24) is 14.9 Å². The second-order valence-corrected chi connectivity index (χ2v) is 12.5. The second kappa shape index (κ2) is 8.33. The third-order valence-corrected chi connectivity index (χ3v) is 8.18. The number of pyridine rings is 2. The summed E-state index contributed by atoms with van der Waals surface area (Å²) in [4.78, 5) is 48.8. The normalized spacial score (nSPS) is 20.7. The lowest BCUT2D eigenvalue weighted by Gasteiger charge is -2.22. The van der Waals surface area contributed by atoms with Crippen molar-refractivity contribution in [2.45, 2.75) is 59.9 Å². The van der Waals surface area contributed by atoms with Crippen molar-refractivity contribution in [2.75, 3.05) is 0 Å². The van der Waals surface area contributed by atoms with Crippen LogP contribution in [0.3, 0.4) is 0 Å². The third kappa shape index (κ3) is 4.26. The maximum Gasteiger partial charge on any atom is 0.433 e. The average molecular weight is 546 g/mol. The number of alkyl halides is 3. The Morgan fingerprint density at radius 3 is 2.34 bits per heavy atom. The number of piperidine rings is 1. The van der Waals surface area contributed by atoms with E-state index in [1.165, 1.54) is 35.4 Å². The molecule has 0 radical (unpaired) electrons. The van der Waals surface area contributed by atoms with Crippen LogP contribution in [-0.2, 0) is 27.0 Å². The molecule has 0 aromatic carbocycles. The van der Waals surface area contributed by atoms with E-state index in [-0.39, 0.29) is 58.0 Å². The van der Waals surface area contributed by atoms with Gasteiger partial charge >= 0.3 is 12.1 Å².